The van der Waals surface area contributed by atoms with Crippen molar-refractivity contribution in [1.82, 2.24) is 0 Å². The van der Waals surface area contributed by atoms with E-state index in [0.29, 0.717) is 17.7 Å². The van der Waals surface area contributed by atoms with Crippen molar-refractivity contribution in [2.75, 3.05) is 0 Å². The predicted octanol–water partition coefficient (Wildman–Crippen LogP) is 3.56. The molecule has 0 aromatic heterocycles. The lowest BCUT2D eigenvalue weighted by Crippen LogP contribution is -2.31. The molecule has 0 N–H and O–H groups in total. The second-order valence-electron chi connectivity index (χ2n) is 6.02. The highest BCUT2D eigenvalue weighted by atomic mass is 16.6. The fraction of sp³-hybridized carbons (Fsp3) is 0.263. The Morgan fingerprint density at radius 2 is 1.69 bits per heavy atom. The lowest BCUT2D eigenvalue weighted by atomic mass is 10.2. The Kier molecular flexibility index (Phi) is 5.26. The van der Waals surface area contributed by atoms with Crippen LogP contribution in [0, 0.1) is 10.1 Å². The van der Waals surface area contributed by atoms with Gasteiger partial charge < -0.3 is 9.47 Å². The van der Waals surface area contributed by atoms with Crippen LogP contribution in [0.15, 0.2) is 48.5 Å². The molecule has 0 bridgehead atoms. The summed E-state index contributed by atoms with van der Waals surface area (Å²) in [4.78, 5) is 33.1. The SMILES string of the molecule is O=Cc1ccc(O[C@H]2CCCC2OC(=O)c2ccc([N+](=O)[O-])cc2)cc1. The summed E-state index contributed by atoms with van der Waals surface area (Å²) in [6, 6.07) is 12.0. The third-order valence-electron chi connectivity index (χ3n) is 4.27. The molecule has 0 radical (unpaired) electrons. The maximum absolute atomic E-state index is 12.3. The van der Waals surface area contributed by atoms with Gasteiger partial charge in [-0.1, -0.05) is 0 Å². The zero-order chi connectivity index (χ0) is 18.5. The van der Waals surface area contributed by atoms with Gasteiger partial charge in [-0.25, -0.2) is 4.79 Å². The van der Waals surface area contributed by atoms with E-state index < -0.39 is 10.9 Å². The van der Waals surface area contributed by atoms with Crippen LogP contribution in [0.4, 0.5) is 5.69 Å². The number of nitrogens with zero attached hydrogens (tertiary/aromatic N) is 1. The number of esters is 1. The molecule has 3 rings (SSSR count). The van der Waals surface area contributed by atoms with Crippen molar-refractivity contribution < 1.29 is 24.0 Å². The van der Waals surface area contributed by atoms with Crippen molar-refractivity contribution in [2.24, 2.45) is 0 Å². The highest BCUT2D eigenvalue weighted by Gasteiger charge is 2.32. The summed E-state index contributed by atoms with van der Waals surface area (Å²) in [7, 11) is 0. The Hall–Kier alpha value is -3.22. The molecule has 0 amide bonds. The quantitative estimate of drug-likeness (QED) is 0.340. The summed E-state index contributed by atoms with van der Waals surface area (Å²) in [5.41, 5.74) is 0.740. The topological polar surface area (TPSA) is 95.7 Å². The van der Waals surface area contributed by atoms with E-state index in [1.165, 1.54) is 24.3 Å². The molecule has 2 aromatic rings. The van der Waals surface area contributed by atoms with Gasteiger partial charge in [-0.05, 0) is 55.7 Å². The minimum atomic E-state index is -0.531. The average molecular weight is 355 g/mol. The van der Waals surface area contributed by atoms with Gasteiger partial charge in [0.1, 0.15) is 24.2 Å². The highest BCUT2D eigenvalue weighted by Crippen LogP contribution is 2.28. The molecule has 2 atom stereocenters. The van der Waals surface area contributed by atoms with Crippen LogP contribution in [0.1, 0.15) is 40.0 Å². The van der Waals surface area contributed by atoms with Crippen molar-refractivity contribution in [1.29, 1.82) is 0 Å². The van der Waals surface area contributed by atoms with Gasteiger partial charge in [-0.15, -0.1) is 0 Å². The molecule has 0 spiro atoms. The number of nitro groups is 1. The molecule has 1 unspecified atom stereocenters. The van der Waals surface area contributed by atoms with Gasteiger partial charge in [-0.2, -0.15) is 0 Å². The Labute approximate surface area is 149 Å². The molecule has 134 valence electrons. The largest absolute Gasteiger partial charge is 0.487 e. The molecule has 0 heterocycles. The minimum Gasteiger partial charge on any atom is -0.487 e. The summed E-state index contributed by atoms with van der Waals surface area (Å²) < 4.78 is 11.4. The number of benzene rings is 2. The summed E-state index contributed by atoms with van der Waals surface area (Å²) in [6.45, 7) is 0. The van der Waals surface area contributed by atoms with E-state index in [9.17, 15) is 19.7 Å². The number of ether oxygens (including phenoxy) is 2. The van der Waals surface area contributed by atoms with E-state index in [1.54, 1.807) is 24.3 Å². The third kappa shape index (κ3) is 4.05. The average Bonchev–Trinajstić information content (AvgIpc) is 3.09. The molecule has 0 aliphatic heterocycles. The van der Waals surface area contributed by atoms with Crippen molar-refractivity contribution >= 4 is 17.9 Å². The Morgan fingerprint density at radius 3 is 2.31 bits per heavy atom. The van der Waals surface area contributed by atoms with Gasteiger partial charge in [0.05, 0.1) is 10.5 Å². The number of hydrogen-bond donors (Lipinski definition) is 0. The lowest BCUT2D eigenvalue weighted by molar-refractivity contribution is -0.384. The van der Waals surface area contributed by atoms with Gasteiger partial charge >= 0.3 is 5.97 Å². The molecule has 1 fully saturated rings. The van der Waals surface area contributed by atoms with Crippen LogP contribution in [0.3, 0.4) is 0 Å². The van der Waals surface area contributed by atoms with Gasteiger partial charge in [0, 0.05) is 17.7 Å². The minimum absolute atomic E-state index is 0.0811. The number of aldehydes is 1. The first-order valence-electron chi connectivity index (χ1n) is 8.24. The zero-order valence-corrected chi connectivity index (χ0v) is 13.9. The van der Waals surface area contributed by atoms with Gasteiger partial charge in [0.25, 0.3) is 5.69 Å². The van der Waals surface area contributed by atoms with Gasteiger partial charge in [0.2, 0.25) is 0 Å². The molecule has 1 aliphatic carbocycles. The summed E-state index contributed by atoms with van der Waals surface area (Å²) in [5.74, 6) is 0.0792. The second-order valence-corrected chi connectivity index (χ2v) is 6.02. The molecular formula is C19H17NO6. The van der Waals surface area contributed by atoms with Crippen LogP contribution in [-0.2, 0) is 4.74 Å². The fourth-order valence-electron chi connectivity index (χ4n) is 2.89. The number of carbonyl (C=O) groups excluding carboxylic acids is 2. The fourth-order valence-corrected chi connectivity index (χ4v) is 2.89. The Bertz CT molecular complexity index is 800. The lowest BCUT2D eigenvalue weighted by Gasteiger charge is -2.21. The van der Waals surface area contributed by atoms with E-state index in [0.717, 1.165) is 19.1 Å². The first kappa shape index (κ1) is 17.6. The van der Waals surface area contributed by atoms with E-state index in [4.69, 9.17) is 9.47 Å². The van der Waals surface area contributed by atoms with Crippen LogP contribution >= 0.6 is 0 Å². The number of hydrogen-bond acceptors (Lipinski definition) is 6. The summed E-state index contributed by atoms with van der Waals surface area (Å²) in [6.07, 6.45) is 2.43. The zero-order valence-electron chi connectivity index (χ0n) is 13.9. The molecule has 0 saturated heterocycles. The van der Waals surface area contributed by atoms with Gasteiger partial charge in [0.15, 0.2) is 0 Å². The third-order valence-corrected chi connectivity index (χ3v) is 4.27. The van der Waals surface area contributed by atoms with E-state index in [2.05, 4.69) is 0 Å². The first-order chi connectivity index (χ1) is 12.6. The maximum atomic E-state index is 12.3. The number of carbonyl (C=O) groups is 2. The van der Waals surface area contributed by atoms with Gasteiger partial charge in [-0.3, -0.25) is 14.9 Å². The molecule has 7 nitrogen and oxygen atoms in total. The molecule has 1 aliphatic rings. The number of rotatable bonds is 6. The maximum Gasteiger partial charge on any atom is 0.338 e. The second kappa shape index (κ2) is 7.77. The molecule has 7 heteroatoms. The Balaban J connectivity index is 1.63. The highest BCUT2D eigenvalue weighted by molar-refractivity contribution is 5.89. The van der Waals surface area contributed by atoms with Crippen molar-refractivity contribution in [2.45, 2.75) is 31.5 Å². The standard InChI is InChI=1S/C19H17NO6/c21-12-13-4-10-16(11-5-13)25-17-2-1-3-18(17)26-19(22)14-6-8-15(9-7-14)20(23)24/h4-12,17-18H,1-3H2/t17-,18?/m0/s1. The van der Waals surface area contributed by atoms with Crippen LogP contribution in [-0.4, -0.2) is 29.4 Å². The van der Waals surface area contributed by atoms with Crippen LogP contribution in [0.2, 0.25) is 0 Å². The van der Waals surface area contributed by atoms with Crippen molar-refractivity contribution in [3.63, 3.8) is 0 Å². The van der Waals surface area contributed by atoms with E-state index >= 15 is 0 Å². The predicted molar refractivity (Wildman–Crippen MR) is 92.4 cm³/mol. The molecule has 1 saturated carbocycles. The Morgan fingerprint density at radius 1 is 1.04 bits per heavy atom. The monoisotopic (exact) mass is 355 g/mol. The first-order valence-corrected chi connectivity index (χ1v) is 8.24. The van der Waals surface area contributed by atoms with Crippen molar-refractivity contribution in [3.8, 4) is 5.75 Å². The van der Waals surface area contributed by atoms with Crippen molar-refractivity contribution in [3.05, 3.63) is 69.8 Å². The van der Waals surface area contributed by atoms with E-state index in [1.807, 2.05) is 0 Å². The number of non-ortho nitro benzene ring substituents is 1. The van der Waals surface area contributed by atoms with Crippen LogP contribution in [0.5, 0.6) is 5.75 Å². The summed E-state index contributed by atoms with van der Waals surface area (Å²) >= 11 is 0. The van der Waals surface area contributed by atoms with E-state index in [-0.39, 0.29) is 23.5 Å². The van der Waals surface area contributed by atoms with Crippen LogP contribution < -0.4 is 4.74 Å². The molecule has 2 aromatic carbocycles. The normalized spacial score (nSPS) is 18.9. The summed E-state index contributed by atoms with van der Waals surface area (Å²) in [5, 5.41) is 10.7. The molecule has 26 heavy (non-hydrogen) atoms. The number of nitro benzene ring substituents is 1. The van der Waals surface area contributed by atoms with Crippen LogP contribution in [0.25, 0.3) is 0 Å². The molecular weight excluding hydrogens is 338 g/mol. The smallest absolute Gasteiger partial charge is 0.338 e.